The fraction of sp³-hybridized carbons (Fsp3) is 0.600. The van der Waals surface area contributed by atoms with Crippen molar-refractivity contribution in [2.75, 3.05) is 13.7 Å². The SMILES string of the molecule is CN1C(CF)=CC1N. The second kappa shape index (κ2) is 1.74. The van der Waals surface area contributed by atoms with Crippen molar-refractivity contribution in [3.05, 3.63) is 11.8 Å². The normalized spacial score (nSPS) is 27.1. The summed E-state index contributed by atoms with van der Waals surface area (Å²) in [5.41, 5.74) is 6.06. The van der Waals surface area contributed by atoms with Crippen LogP contribution in [-0.2, 0) is 0 Å². The lowest BCUT2D eigenvalue weighted by Gasteiger charge is -2.34. The third kappa shape index (κ3) is 0.591. The highest BCUT2D eigenvalue weighted by atomic mass is 19.1. The summed E-state index contributed by atoms with van der Waals surface area (Å²) < 4.78 is 11.7. The molecule has 0 aliphatic carbocycles. The van der Waals surface area contributed by atoms with E-state index in [0.29, 0.717) is 5.70 Å². The van der Waals surface area contributed by atoms with Gasteiger partial charge in [0.2, 0.25) is 0 Å². The molecule has 1 heterocycles. The van der Waals surface area contributed by atoms with Crippen molar-refractivity contribution >= 4 is 0 Å². The van der Waals surface area contributed by atoms with Crippen LogP contribution in [0.25, 0.3) is 0 Å². The van der Waals surface area contributed by atoms with Crippen molar-refractivity contribution in [1.82, 2.24) is 4.90 Å². The lowest BCUT2D eigenvalue weighted by Crippen LogP contribution is -2.45. The van der Waals surface area contributed by atoms with Crippen LogP contribution in [0.15, 0.2) is 11.8 Å². The minimum atomic E-state index is -0.399. The second-order valence-electron chi connectivity index (χ2n) is 1.89. The molecule has 1 unspecified atom stereocenters. The van der Waals surface area contributed by atoms with Crippen LogP contribution in [-0.4, -0.2) is 24.8 Å². The molecule has 3 heteroatoms. The lowest BCUT2D eigenvalue weighted by molar-refractivity contribution is 0.271. The van der Waals surface area contributed by atoms with Gasteiger partial charge in [-0.1, -0.05) is 0 Å². The first kappa shape index (κ1) is 5.56. The Morgan fingerprint density at radius 2 is 2.62 bits per heavy atom. The predicted molar refractivity (Wildman–Crippen MR) is 29.8 cm³/mol. The highest BCUT2D eigenvalue weighted by Gasteiger charge is 2.19. The number of hydrogen-bond donors (Lipinski definition) is 1. The van der Waals surface area contributed by atoms with Crippen LogP contribution in [0, 0.1) is 0 Å². The maximum absolute atomic E-state index is 11.7. The molecule has 2 N–H and O–H groups in total. The summed E-state index contributed by atoms with van der Waals surface area (Å²) in [7, 11) is 1.78. The first-order valence-corrected chi connectivity index (χ1v) is 2.51. The number of nitrogens with two attached hydrogens (primary N) is 1. The summed E-state index contributed by atoms with van der Waals surface area (Å²) in [5.74, 6) is 0. The highest BCUT2D eigenvalue weighted by molar-refractivity contribution is 5.16. The molecule has 0 saturated carbocycles. The number of alkyl halides is 1. The van der Waals surface area contributed by atoms with Crippen LogP contribution >= 0.6 is 0 Å². The van der Waals surface area contributed by atoms with Gasteiger partial charge in [0.1, 0.15) is 6.67 Å². The van der Waals surface area contributed by atoms with E-state index in [0.717, 1.165) is 0 Å². The molecule has 0 bridgehead atoms. The average Bonchev–Trinajstić information content (AvgIpc) is 1.81. The zero-order chi connectivity index (χ0) is 6.15. The number of hydrogen-bond acceptors (Lipinski definition) is 2. The largest absolute Gasteiger partial charge is 0.357 e. The maximum Gasteiger partial charge on any atom is 0.129 e. The molecule has 1 aliphatic rings. The Labute approximate surface area is 47.8 Å². The molecule has 1 atom stereocenters. The summed E-state index contributed by atoms with van der Waals surface area (Å²) in [5, 5.41) is 0. The predicted octanol–water partition coefficient (Wildman–Crippen LogP) is 0.0700. The van der Waals surface area contributed by atoms with Crippen LogP contribution in [0.1, 0.15) is 0 Å². The molecule has 0 fully saturated rings. The summed E-state index contributed by atoms with van der Waals surface area (Å²) in [6, 6.07) is 0. The molecule has 8 heavy (non-hydrogen) atoms. The maximum atomic E-state index is 11.7. The number of allylic oxidation sites excluding steroid dienone is 1. The van der Waals surface area contributed by atoms with Crippen molar-refractivity contribution in [1.29, 1.82) is 0 Å². The molecule has 0 saturated heterocycles. The summed E-state index contributed by atoms with van der Waals surface area (Å²) in [6.07, 6.45) is 1.65. The molecule has 46 valence electrons. The van der Waals surface area contributed by atoms with Gasteiger partial charge in [0.05, 0.1) is 6.17 Å². The Balaban J connectivity index is 2.50. The van der Waals surface area contributed by atoms with E-state index in [4.69, 9.17) is 5.73 Å². The molecule has 2 nitrogen and oxygen atoms in total. The molecule has 0 spiro atoms. The Hall–Kier alpha value is -0.570. The zero-order valence-corrected chi connectivity index (χ0v) is 4.76. The third-order valence-corrected chi connectivity index (χ3v) is 1.40. The standard InChI is InChI=1S/C5H9FN2/c1-8-4(3-6)2-5(8)7/h2,5H,3,7H2,1H3. The first-order chi connectivity index (χ1) is 3.75. The molecule has 0 radical (unpaired) electrons. The molecular weight excluding hydrogens is 107 g/mol. The summed E-state index contributed by atoms with van der Waals surface area (Å²) in [4.78, 5) is 1.71. The van der Waals surface area contributed by atoms with Gasteiger partial charge in [-0.2, -0.15) is 0 Å². The van der Waals surface area contributed by atoms with Gasteiger partial charge >= 0.3 is 0 Å². The zero-order valence-electron chi connectivity index (χ0n) is 4.76. The number of likely N-dealkylation sites (N-methyl/N-ethyl adjacent to an activating group) is 1. The van der Waals surface area contributed by atoms with Crippen LogP contribution in [0.4, 0.5) is 4.39 Å². The smallest absolute Gasteiger partial charge is 0.129 e. The van der Waals surface area contributed by atoms with Crippen LogP contribution in [0.5, 0.6) is 0 Å². The molecule has 1 aliphatic heterocycles. The highest BCUT2D eigenvalue weighted by Crippen LogP contribution is 2.15. The minimum absolute atomic E-state index is 0.0549. The Morgan fingerprint density at radius 1 is 2.00 bits per heavy atom. The van der Waals surface area contributed by atoms with Gasteiger partial charge in [-0.15, -0.1) is 0 Å². The van der Waals surface area contributed by atoms with E-state index in [9.17, 15) is 4.39 Å². The summed E-state index contributed by atoms with van der Waals surface area (Å²) in [6.45, 7) is -0.399. The van der Waals surface area contributed by atoms with E-state index in [1.807, 2.05) is 0 Å². The quantitative estimate of drug-likeness (QED) is 0.525. The first-order valence-electron chi connectivity index (χ1n) is 2.51. The Kier molecular flexibility index (Phi) is 1.21. The average molecular weight is 116 g/mol. The van der Waals surface area contributed by atoms with Gasteiger partial charge in [0.15, 0.2) is 0 Å². The van der Waals surface area contributed by atoms with Gasteiger partial charge in [-0.05, 0) is 6.08 Å². The molecule has 0 aromatic carbocycles. The fourth-order valence-corrected chi connectivity index (χ4v) is 0.675. The third-order valence-electron chi connectivity index (χ3n) is 1.40. The molecule has 1 rings (SSSR count). The van der Waals surface area contributed by atoms with Crippen LogP contribution in [0.3, 0.4) is 0 Å². The van der Waals surface area contributed by atoms with E-state index in [1.54, 1.807) is 18.0 Å². The molecule has 0 amide bonds. The van der Waals surface area contributed by atoms with Crippen molar-refractivity contribution < 1.29 is 4.39 Å². The molecular formula is C5H9FN2. The van der Waals surface area contributed by atoms with Gasteiger partial charge in [0, 0.05) is 12.7 Å². The Bertz CT molecular complexity index is 122. The molecule has 0 aromatic rings. The van der Waals surface area contributed by atoms with Gasteiger partial charge in [-0.3, -0.25) is 0 Å². The van der Waals surface area contributed by atoms with Gasteiger partial charge in [0.25, 0.3) is 0 Å². The van der Waals surface area contributed by atoms with Gasteiger partial charge in [-0.25, -0.2) is 4.39 Å². The molecule has 0 aromatic heterocycles. The monoisotopic (exact) mass is 116 g/mol. The van der Waals surface area contributed by atoms with Crippen molar-refractivity contribution in [2.45, 2.75) is 6.17 Å². The summed E-state index contributed by atoms with van der Waals surface area (Å²) >= 11 is 0. The number of nitrogens with zero attached hydrogens (tertiary/aromatic N) is 1. The Morgan fingerprint density at radius 3 is 2.75 bits per heavy atom. The van der Waals surface area contributed by atoms with Crippen molar-refractivity contribution in [2.24, 2.45) is 5.73 Å². The van der Waals surface area contributed by atoms with Crippen LogP contribution in [0.2, 0.25) is 0 Å². The minimum Gasteiger partial charge on any atom is -0.357 e. The topological polar surface area (TPSA) is 29.3 Å². The van der Waals surface area contributed by atoms with E-state index in [-0.39, 0.29) is 6.17 Å². The van der Waals surface area contributed by atoms with E-state index in [1.165, 1.54) is 0 Å². The van der Waals surface area contributed by atoms with E-state index in [2.05, 4.69) is 0 Å². The second-order valence-corrected chi connectivity index (χ2v) is 1.89. The van der Waals surface area contributed by atoms with Crippen molar-refractivity contribution in [3.63, 3.8) is 0 Å². The van der Waals surface area contributed by atoms with Crippen molar-refractivity contribution in [3.8, 4) is 0 Å². The van der Waals surface area contributed by atoms with Crippen LogP contribution < -0.4 is 5.73 Å². The van der Waals surface area contributed by atoms with E-state index >= 15 is 0 Å². The van der Waals surface area contributed by atoms with Gasteiger partial charge < -0.3 is 10.6 Å². The van der Waals surface area contributed by atoms with E-state index < -0.39 is 6.67 Å². The number of rotatable bonds is 1. The fourth-order valence-electron chi connectivity index (χ4n) is 0.675. The lowest BCUT2D eigenvalue weighted by atomic mass is 10.2. The number of halogens is 1.